The topological polar surface area (TPSA) is 42.7 Å². The van der Waals surface area contributed by atoms with E-state index in [9.17, 15) is 0 Å². The van der Waals surface area contributed by atoms with Crippen molar-refractivity contribution < 1.29 is 0 Å². The summed E-state index contributed by atoms with van der Waals surface area (Å²) in [4.78, 5) is 0. The van der Waals surface area contributed by atoms with Crippen molar-refractivity contribution in [3.63, 3.8) is 0 Å². The van der Waals surface area contributed by atoms with E-state index >= 15 is 0 Å². The Balaban J connectivity index is 1.88. The summed E-state index contributed by atoms with van der Waals surface area (Å²) in [5, 5.41) is 12.4. The predicted octanol–water partition coefficient (Wildman–Crippen LogP) is 1.92. The van der Waals surface area contributed by atoms with Gasteiger partial charge in [-0.1, -0.05) is 20.8 Å². The van der Waals surface area contributed by atoms with Crippen molar-refractivity contribution in [2.24, 2.45) is 11.3 Å². The monoisotopic (exact) mass is 234 g/mol. The van der Waals surface area contributed by atoms with Gasteiger partial charge in [0.25, 0.3) is 0 Å². The van der Waals surface area contributed by atoms with Gasteiger partial charge in [-0.15, -0.1) is 10.2 Å². The molecule has 1 aliphatic carbocycles. The Morgan fingerprint density at radius 1 is 1.29 bits per heavy atom. The summed E-state index contributed by atoms with van der Waals surface area (Å²) in [7, 11) is 0. The van der Waals surface area contributed by atoms with Crippen LogP contribution in [0.2, 0.25) is 0 Å². The van der Waals surface area contributed by atoms with Crippen molar-refractivity contribution in [2.45, 2.75) is 52.6 Å². The lowest BCUT2D eigenvalue weighted by atomic mass is 9.92. The van der Waals surface area contributed by atoms with Gasteiger partial charge < -0.3 is 9.88 Å². The van der Waals surface area contributed by atoms with Crippen LogP contribution >= 0.6 is 0 Å². The highest BCUT2D eigenvalue weighted by Gasteiger charge is 2.37. The third-order valence-electron chi connectivity index (χ3n) is 3.62. The zero-order valence-corrected chi connectivity index (χ0v) is 11.0. The molecule has 2 heterocycles. The molecule has 1 unspecified atom stereocenters. The van der Waals surface area contributed by atoms with Crippen molar-refractivity contribution in [3.05, 3.63) is 11.6 Å². The maximum Gasteiger partial charge on any atom is 0.150 e. The molecule has 0 spiro atoms. The van der Waals surface area contributed by atoms with E-state index in [-0.39, 0.29) is 5.41 Å². The molecule has 1 aromatic rings. The second kappa shape index (κ2) is 3.80. The molecule has 0 bridgehead atoms. The lowest BCUT2D eigenvalue weighted by Gasteiger charge is -2.26. The van der Waals surface area contributed by atoms with E-state index in [0.29, 0.717) is 6.04 Å². The van der Waals surface area contributed by atoms with Gasteiger partial charge in [0, 0.05) is 19.5 Å². The summed E-state index contributed by atoms with van der Waals surface area (Å²) < 4.78 is 2.35. The standard InChI is InChI=1S/C13H22N4/c1-13(2,3)8-10-15-16-12-11(9-4-5-9)14-6-7-17(10)12/h9,11,14H,4-8H2,1-3H3. The third kappa shape index (κ3) is 2.23. The van der Waals surface area contributed by atoms with E-state index in [4.69, 9.17) is 0 Å². The first-order valence-electron chi connectivity index (χ1n) is 6.70. The summed E-state index contributed by atoms with van der Waals surface area (Å²) in [6, 6.07) is 0.463. The summed E-state index contributed by atoms with van der Waals surface area (Å²) in [5.74, 6) is 3.15. The Kier molecular flexibility index (Phi) is 2.51. The van der Waals surface area contributed by atoms with E-state index in [1.807, 2.05) is 0 Å². The van der Waals surface area contributed by atoms with Crippen molar-refractivity contribution in [3.8, 4) is 0 Å². The molecular weight excluding hydrogens is 212 g/mol. The van der Waals surface area contributed by atoms with E-state index in [1.165, 1.54) is 24.5 Å². The maximum absolute atomic E-state index is 4.43. The second-order valence-electron chi connectivity index (χ2n) is 6.63. The Morgan fingerprint density at radius 3 is 2.71 bits per heavy atom. The number of nitrogens with one attached hydrogen (secondary N) is 1. The highest BCUT2D eigenvalue weighted by atomic mass is 15.3. The van der Waals surface area contributed by atoms with Crippen LogP contribution in [0.25, 0.3) is 0 Å². The zero-order chi connectivity index (χ0) is 12.0. The van der Waals surface area contributed by atoms with Gasteiger partial charge in [0.05, 0.1) is 6.04 Å². The van der Waals surface area contributed by atoms with Gasteiger partial charge >= 0.3 is 0 Å². The van der Waals surface area contributed by atoms with Gasteiger partial charge in [0.2, 0.25) is 0 Å². The van der Waals surface area contributed by atoms with Crippen molar-refractivity contribution >= 4 is 0 Å². The van der Waals surface area contributed by atoms with Crippen molar-refractivity contribution in [1.29, 1.82) is 0 Å². The molecule has 17 heavy (non-hydrogen) atoms. The number of nitrogens with zero attached hydrogens (tertiary/aromatic N) is 3. The van der Waals surface area contributed by atoms with Crippen LogP contribution < -0.4 is 5.32 Å². The molecule has 1 aliphatic heterocycles. The first-order valence-corrected chi connectivity index (χ1v) is 6.70. The van der Waals surface area contributed by atoms with Crippen LogP contribution in [-0.2, 0) is 13.0 Å². The number of hydrogen-bond acceptors (Lipinski definition) is 3. The Morgan fingerprint density at radius 2 is 2.06 bits per heavy atom. The molecule has 0 aromatic carbocycles. The molecule has 1 atom stereocenters. The zero-order valence-electron chi connectivity index (χ0n) is 11.0. The first-order chi connectivity index (χ1) is 8.04. The molecule has 0 radical (unpaired) electrons. The van der Waals surface area contributed by atoms with Crippen molar-refractivity contribution in [1.82, 2.24) is 20.1 Å². The van der Waals surface area contributed by atoms with Gasteiger partial charge in [-0.2, -0.15) is 0 Å². The molecule has 0 amide bonds. The molecule has 1 fully saturated rings. The van der Waals surface area contributed by atoms with Crippen LogP contribution in [0, 0.1) is 11.3 Å². The maximum atomic E-state index is 4.43. The van der Waals surface area contributed by atoms with E-state index < -0.39 is 0 Å². The average molecular weight is 234 g/mol. The van der Waals surface area contributed by atoms with Gasteiger partial charge in [-0.25, -0.2) is 0 Å². The van der Waals surface area contributed by atoms with Gasteiger partial charge in [0.15, 0.2) is 5.82 Å². The highest BCUT2D eigenvalue weighted by Crippen LogP contribution is 2.41. The smallest absolute Gasteiger partial charge is 0.150 e. The lowest BCUT2D eigenvalue weighted by Crippen LogP contribution is -2.35. The fraction of sp³-hybridized carbons (Fsp3) is 0.846. The molecule has 1 saturated carbocycles. The Hall–Kier alpha value is -0.900. The fourth-order valence-corrected chi connectivity index (χ4v) is 2.66. The van der Waals surface area contributed by atoms with E-state index in [0.717, 1.165) is 25.4 Å². The van der Waals surface area contributed by atoms with E-state index in [1.54, 1.807) is 0 Å². The molecule has 1 N–H and O–H groups in total. The summed E-state index contributed by atoms with van der Waals surface area (Å²) >= 11 is 0. The summed E-state index contributed by atoms with van der Waals surface area (Å²) in [5.41, 5.74) is 0.282. The van der Waals surface area contributed by atoms with Gasteiger partial charge in [-0.3, -0.25) is 0 Å². The Labute approximate surface area is 103 Å². The average Bonchev–Trinajstić information content (AvgIpc) is 3.01. The van der Waals surface area contributed by atoms with Crippen LogP contribution in [0.15, 0.2) is 0 Å². The minimum absolute atomic E-state index is 0.282. The van der Waals surface area contributed by atoms with Crippen LogP contribution in [0.3, 0.4) is 0 Å². The summed E-state index contributed by atoms with van der Waals surface area (Å²) in [6.45, 7) is 8.86. The third-order valence-corrected chi connectivity index (χ3v) is 3.62. The predicted molar refractivity (Wildman–Crippen MR) is 66.6 cm³/mol. The van der Waals surface area contributed by atoms with Gasteiger partial charge in [-0.05, 0) is 24.2 Å². The van der Waals surface area contributed by atoms with Gasteiger partial charge in [0.1, 0.15) is 5.82 Å². The number of fused-ring (bicyclic) bond motifs is 1. The largest absolute Gasteiger partial charge is 0.312 e. The summed E-state index contributed by atoms with van der Waals surface area (Å²) in [6.07, 6.45) is 3.70. The minimum Gasteiger partial charge on any atom is -0.312 e. The first kappa shape index (κ1) is 11.2. The minimum atomic E-state index is 0.282. The number of rotatable bonds is 2. The Bertz CT molecular complexity index is 412. The second-order valence-corrected chi connectivity index (χ2v) is 6.63. The van der Waals surface area contributed by atoms with Crippen LogP contribution in [0.5, 0.6) is 0 Å². The number of hydrogen-bond donors (Lipinski definition) is 1. The van der Waals surface area contributed by atoms with Crippen LogP contribution in [-0.4, -0.2) is 21.3 Å². The molecule has 3 rings (SSSR count). The molecule has 4 heteroatoms. The quantitative estimate of drug-likeness (QED) is 0.850. The molecule has 2 aliphatic rings. The van der Waals surface area contributed by atoms with E-state index in [2.05, 4.69) is 40.9 Å². The SMILES string of the molecule is CC(C)(C)Cc1nnc2n1CCNC2C1CC1. The fourth-order valence-electron chi connectivity index (χ4n) is 2.66. The van der Waals surface area contributed by atoms with Crippen LogP contribution in [0.1, 0.15) is 51.3 Å². The number of aromatic nitrogens is 3. The lowest BCUT2D eigenvalue weighted by molar-refractivity contribution is 0.355. The molecule has 4 nitrogen and oxygen atoms in total. The molecule has 1 aromatic heterocycles. The highest BCUT2D eigenvalue weighted by molar-refractivity contribution is 5.09. The molecular formula is C13H22N4. The molecule has 94 valence electrons. The van der Waals surface area contributed by atoms with Crippen molar-refractivity contribution in [2.75, 3.05) is 6.54 Å². The van der Waals surface area contributed by atoms with Crippen LogP contribution in [0.4, 0.5) is 0 Å². The molecule has 0 saturated heterocycles. The normalized spacial score (nSPS) is 24.8.